The molecule has 1 aromatic rings. The van der Waals surface area contributed by atoms with Gasteiger partial charge in [0.25, 0.3) is 0 Å². The van der Waals surface area contributed by atoms with E-state index in [9.17, 15) is 13.2 Å². The molecule has 6 nitrogen and oxygen atoms in total. The van der Waals surface area contributed by atoms with E-state index < -0.39 is 20.6 Å². The number of piperidine rings is 1. The normalized spacial score (nSPS) is 16.9. The highest BCUT2D eigenvalue weighted by Gasteiger charge is 2.53. The smallest absolute Gasteiger partial charge is 0.328 e. The molecule has 0 N–H and O–H groups in total. The first-order valence-electron chi connectivity index (χ1n) is 8.90. The molecule has 1 aliphatic heterocycles. The third kappa shape index (κ3) is 4.35. The van der Waals surface area contributed by atoms with Crippen LogP contribution in [0.15, 0.2) is 53.6 Å². The molecule has 7 heteroatoms. The number of sulfone groups is 1. The van der Waals surface area contributed by atoms with E-state index in [1.807, 2.05) is 24.1 Å². The van der Waals surface area contributed by atoms with Crippen molar-refractivity contribution in [1.29, 1.82) is 0 Å². The molecular formula is C20H27NO5S. The predicted octanol–water partition coefficient (Wildman–Crippen LogP) is 2.96. The molecule has 0 radical (unpaired) electrons. The van der Waals surface area contributed by atoms with Crippen LogP contribution in [-0.4, -0.2) is 50.8 Å². The van der Waals surface area contributed by atoms with E-state index in [-0.39, 0.29) is 24.3 Å². The maximum absolute atomic E-state index is 13.4. The third-order valence-corrected chi connectivity index (χ3v) is 7.20. The van der Waals surface area contributed by atoms with E-state index in [0.717, 1.165) is 5.57 Å². The molecule has 1 fully saturated rings. The fourth-order valence-electron chi connectivity index (χ4n) is 3.09. The standard InChI is InChI=1S/C20H27NO5S/c1-5-26-19(22)20(11-14-21(15-12-20)13-10-16(2)3)27(23,24)18-8-6-17(25-4)7-9-18/h6-10,13H,2,5,11-12,14-15H2,1,3-4H3/b13-10+. The van der Waals surface area contributed by atoms with Crippen LogP contribution in [0.3, 0.4) is 0 Å². The largest absolute Gasteiger partial charge is 0.497 e. The number of ether oxygens (including phenoxy) is 2. The van der Waals surface area contributed by atoms with Crippen molar-refractivity contribution >= 4 is 15.8 Å². The molecule has 0 saturated carbocycles. The fourth-order valence-corrected chi connectivity index (χ4v) is 5.04. The lowest BCUT2D eigenvalue weighted by Crippen LogP contribution is -2.54. The van der Waals surface area contributed by atoms with Crippen LogP contribution in [0.25, 0.3) is 0 Å². The van der Waals surface area contributed by atoms with Crippen molar-refractivity contribution < 1.29 is 22.7 Å². The number of benzene rings is 1. The Morgan fingerprint density at radius 2 is 1.85 bits per heavy atom. The zero-order valence-electron chi connectivity index (χ0n) is 16.1. The predicted molar refractivity (Wildman–Crippen MR) is 104 cm³/mol. The molecule has 0 aliphatic carbocycles. The van der Waals surface area contributed by atoms with Crippen LogP contribution in [-0.2, 0) is 19.4 Å². The summed E-state index contributed by atoms with van der Waals surface area (Å²) in [5.41, 5.74) is 0.906. The summed E-state index contributed by atoms with van der Waals surface area (Å²) in [7, 11) is -2.41. The Kier molecular flexibility index (Phi) is 6.70. The minimum atomic E-state index is -3.92. The van der Waals surface area contributed by atoms with Gasteiger partial charge in [-0.3, -0.25) is 4.79 Å². The van der Waals surface area contributed by atoms with Gasteiger partial charge in [0, 0.05) is 13.1 Å². The molecule has 1 saturated heterocycles. The van der Waals surface area contributed by atoms with E-state index in [2.05, 4.69) is 6.58 Å². The number of methoxy groups -OCH3 is 1. The molecule has 148 valence electrons. The van der Waals surface area contributed by atoms with Crippen molar-refractivity contribution in [3.63, 3.8) is 0 Å². The first kappa shape index (κ1) is 21.0. The van der Waals surface area contributed by atoms with E-state index >= 15 is 0 Å². The Balaban J connectivity index is 2.37. The molecule has 0 unspecified atom stereocenters. The van der Waals surface area contributed by atoms with Gasteiger partial charge in [0.2, 0.25) is 0 Å². The number of carbonyl (C=O) groups is 1. The molecule has 0 amide bonds. The zero-order chi connectivity index (χ0) is 20.1. The number of hydrogen-bond donors (Lipinski definition) is 0. The Bertz CT molecular complexity index is 803. The number of likely N-dealkylation sites (tertiary alicyclic amines) is 1. The topological polar surface area (TPSA) is 72.9 Å². The van der Waals surface area contributed by atoms with E-state index in [1.54, 1.807) is 19.1 Å². The molecule has 2 rings (SSSR count). The van der Waals surface area contributed by atoms with Gasteiger partial charge >= 0.3 is 5.97 Å². The number of esters is 1. The van der Waals surface area contributed by atoms with Gasteiger partial charge in [-0.1, -0.05) is 12.2 Å². The van der Waals surface area contributed by atoms with Crippen molar-refractivity contribution in [3.05, 3.63) is 48.7 Å². The van der Waals surface area contributed by atoms with Crippen LogP contribution >= 0.6 is 0 Å². The summed E-state index contributed by atoms with van der Waals surface area (Å²) >= 11 is 0. The highest BCUT2D eigenvalue weighted by Crippen LogP contribution is 2.37. The number of allylic oxidation sites excluding steroid dienone is 2. The van der Waals surface area contributed by atoms with Gasteiger partial charge in [-0.15, -0.1) is 0 Å². The molecule has 1 aliphatic rings. The van der Waals surface area contributed by atoms with E-state index in [0.29, 0.717) is 18.8 Å². The Labute approximate surface area is 161 Å². The number of carbonyl (C=O) groups excluding carboxylic acids is 1. The van der Waals surface area contributed by atoms with Crippen LogP contribution in [0.2, 0.25) is 0 Å². The van der Waals surface area contributed by atoms with E-state index in [4.69, 9.17) is 9.47 Å². The van der Waals surface area contributed by atoms with Gasteiger partial charge in [0.15, 0.2) is 14.6 Å². The van der Waals surface area contributed by atoms with Crippen molar-refractivity contribution in [3.8, 4) is 5.75 Å². The van der Waals surface area contributed by atoms with Crippen molar-refractivity contribution in [2.24, 2.45) is 0 Å². The Hall–Kier alpha value is -2.28. The maximum atomic E-state index is 13.4. The van der Waals surface area contributed by atoms with Crippen molar-refractivity contribution in [2.75, 3.05) is 26.8 Å². The average Bonchev–Trinajstić information content (AvgIpc) is 2.66. The second-order valence-corrected chi connectivity index (χ2v) is 8.85. The molecule has 1 heterocycles. The van der Waals surface area contributed by atoms with Crippen LogP contribution in [0.1, 0.15) is 26.7 Å². The quantitative estimate of drug-likeness (QED) is 0.524. The van der Waals surface area contributed by atoms with Crippen molar-refractivity contribution in [2.45, 2.75) is 36.3 Å². The molecule has 0 aromatic heterocycles. The molecular weight excluding hydrogens is 366 g/mol. The monoisotopic (exact) mass is 393 g/mol. The summed E-state index contributed by atoms with van der Waals surface area (Å²) in [5.74, 6) is -0.122. The fraction of sp³-hybridized carbons (Fsp3) is 0.450. The molecule has 27 heavy (non-hydrogen) atoms. The van der Waals surface area contributed by atoms with Crippen molar-refractivity contribution in [1.82, 2.24) is 4.90 Å². The van der Waals surface area contributed by atoms with Gasteiger partial charge in [0.05, 0.1) is 18.6 Å². The van der Waals surface area contributed by atoms with Gasteiger partial charge in [-0.25, -0.2) is 8.42 Å². The van der Waals surface area contributed by atoms with Crippen LogP contribution < -0.4 is 4.74 Å². The van der Waals surface area contributed by atoms with Crippen LogP contribution in [0.5, 0.6) is 5.75 Å². The number of rotatable bonds is 7. The second-order valence-electron chi connectivity index (χ2n) is 6.59. The maximum Gasteiger partial charge on any atom is 0.328 e. The van der Waals surface area contributed by atoms with E-state index in [1.165, 1.54) is 19.2 Å². The van der Waals surface area contributed by atoms with Crippen LogP contribution in [0.4, 0.5) is 0 Å². The Morgan fingerprint density at radius 1 is 1.26 bits per heavy atom. The Morgan fingerprint density at radius 3 is 2.33 bits per heavy atom. The minimum absolute atomic E-state index is 0.0993. The number of hydrogen-bond acceptors (Lipinski definition) is 6. The first-order valence-corrected chi connectivity index (χ1v) is 10.4. The first-order chi connectivity index (χ1) is 12.8. The zero-order valence-corrected chi connectivity index (χ0v) is 16.9. The highest BCUT2D eigenvalue weighted by atomic mass is 32.2. The second kappa shape index (κ2) is 8.61. The molecule has 1 aromatic carbocycles. The third-order valence-electron chi connectivity index (χ3n) is 4.71. The van der Waals surface area contributed by atoms with Gasteiger partial charge in [-0.05, 0) is 63.2 Å². The number of nitrogens with zero attached hydrogens (tertiary/aromatic N) is 1. The summed E-state index contributed by atoms with van der Waals surface area (Å²) in [6, 6.07) is 6.11. The van der Waals surface area contributed by atoms with Crippen LogP contribution in [0, 0.1) is 0 Å². The molecule has 0 bridgehead atoms. The lowest BCUT2D eigenvalue weighted by molar-refractivity contribution is -0.147. The lowest BCUT2D eigenvalue weighted by atomic mass is 9.96. The highest BCUT2D eigenvalue weighted by molar-refractivity contribution is 7.93. The summed E-state index contributed by atoms with van der Waals surface area (Å²) in [6.07, 6.45) is 4.09. The molecule has 0 atom stereocenters. The lowest BCUT2D eigenvalue weighted by Gasteiger charge is -2.38. The summed E-state index contributed by atoms with van der Waals surface area (Å²) < 4.78 is 35.5. The summed E-state index contributed by atoms with van der Waals surface area (Å²) in [6.45, 7) is 8.41. The summed E-state index contributed by atoms with van der Waals surface area (Å²) in [4.78, 5) is 14.9. The van der Waals surface area contributed by atoms with Gasteiger partial charge < -0.3 is 14.4 Å². The van der Waals surface area contributed by atoms with Gasteiger partial charge in [0.1, 0.15) is 5.75 Å². The minimum Gasteiger partial charge on any atom is -0.497 e. The summed E-state index contributed by atoms with van der Waals surface area (Å²) in [5, 5.41) is 0. The molecule has 0 spiro atoms. The SMILES string of the molecule is C=C(C)/C=C/N1CCC(C(=O)OCC)(S(=O)(=O)c2ccc(OC)cc2)CC1. The van der Waals surface area contributed by atoms with Gasteiger partial charge in [-0.2, -0.15) is 0 Å². The average molecular weight is 394 g/mol.